The van der Waals surface area contributed by atoms with E-state index in [4.69, 9.17) is 13.6 Å². The Morgan fingerprint density at radius 1 is 1.33 bits per heavy atom. The molecule has 3 heterocycles. The molecule has 8 nitrogen and oxygen atoms in total. The number of carbonyl (C=O) groups excluding carboxylic acids is 1. The Morgan fingerprint density at radius 3 is 2.73 bits per heavy atom. The number of nitrogens with one attached hydrogen (secondary N) is 2. The summed E-state index contributed by atoms with van der Waals surface area (Å²) >= 11 is 0. The van der Waals surface area contributed by atoms with Crippen LogP contribution >= 0.6 is 24.0 Å². The number of aliphatic imine (C=N–C) groups is 1. The zero-order chi connectivity index (χ0) is 20.6. The topological polar surface area (TPSA) is 92.2 Å². The monoisotopic (exact) mass is 530 g/mol. The number of halogens is 1. The lowest BCUT2D eigenvalue weighted by molar-refractivity contribution is 0.0599. The maximum absolute atomic E-state index is 11.7. The van der Waals surface area contributed by atoms with Crippen molar-refractivity contribution in [2.75, 3.05) is 33.3 Å². The van der Waals surface area contributed by atoms with Crippen LogP contribution in [0, 0.1) is 6.92 Å². The average Bonchev–Trinajstić information content (AvgIpc) is 3.48. The molecular formula is C21H31IN4O4. The van der Waals surface area contributed by atoms with Crippen LogP contribution in [0.25, 0.3) is 0 Å². The van der Waals surface area contributed by atoms with Gasteiger partial charge >= 0.3 is 5.97 Å². The lowest BCUT2D eigenvalue weighted by Gasteiger charge is -2.26. The van der Waals surface area contributed by atoms with Crippen LogP contribution in [0.15, 0.2) is 38.3 Å². The molecule has 2 aromatic heterocycles. The van der Waals surface area contributed by atoms with Crippen LogP contribution in [0.2, 0.25) is 0 Å². The third-order valence-corrected chi connectivity index (χ3v) is 5.03. The molecule has 1 aliphatic rings. The molecule has 1 aliphatic heterocycles. The number of methoxy groups -OCH3 is 1. The summed E-state index contributed by atoms with van der Waals surface area (Å²) in [6, 6.07) is 5.79. The van der Waals surface area contributed by atoms with Crippen LogP contribution in [0.5, 0.6) is 0 Å². The van der Waals surface area contributed by atoms with Gasteiger partial charge in [-0.15, -0.1) is 24.0 Å². The predicted octanol–water partition coefficient (Wildman–Crippen LogP) is 3.48. The second kappa shape index (κ2) is 12.0. The fraction of sp³-hybridized carbons (Fsp3) is 0.524. The summed E-state index contributed by atoms with van der Waals surface area (Å²) < 4.78 is 16.1. The molecule has 3 rings (SSSR count). The highest BCUT2D eigenvalue weighted by Crippen LogP contribution is 2.24. The Bertz CT molecular complexity index is 813. The molecule has 0 saturated carbocycles. The van der Waals surface area contributed by atoms with Gasteiger partial charge in [-0.2, -0.15) is 0 Å². The van der Waals surface area contributed by atoms with Crippen LogP contribution in [0.3, 0.4) is 0 Å². The van der Waals surface area contributed by atoms with Crippen LogP contribution in [-0.4, -0.2) is 50.1 Å². The van der Waals surface area contributed by atoms with Gasteiger partial charge in [-0.3, -0.25) is 4.90 Å². The molecule has 0 aromatic carbocycles. The minimum Gasteiger partial charge on any atom is -0.468 e. The van der Waals surface area contributed by atoms with Gasteiger partial charge in [-0.25, -0.2) is 9.79 Å². The minimum atomic E-state index is -0.404. The Kier molecular flexibility index (Phi) is 9.70. The van der Waals surface area contributed by atoms with E-state index in [0.29, 0.717) is 36.1 Å². The molecular weight excluding hydrogens is 499 g/mol. The number of carbonyl (C=O) groups is 1. The van der Waals surface area contributed by atoms with E-state index >= 15 is 0 Å². The van der Waals surface area contributed by atoms with Gasteiger partial charge in [-0.05, 0) is 58.0 Å². The van der Waals surface area contributed by atoms with Gasteiger partial charge in [0.2, 0.25) is 0 Å². The summed E-state index contributed by atoms with van der Waals surface area (Å²) in [6.45, 7) is 7.66. The lowest BCUT2D eigenvalue weighted by atomic mass is 10.2. The van der Waals surface area contributed by atoms with Crippen molar-refractivity contribution in [3.63, 3.8) is 0 Å². The number of furan rings is 2. The highest BCUT2D eigenvalue weighted by Gasteiger charge is 2.25. The molecule has 2 aromatic rings. The second-order valence-electron chi connectivity index (χ2n) is 7.02. The van der Waals surface area contributed by atoms with E-state index in [-0.39, 0.29) is 30.0 Å². The van der Waals surface area contributed by atoms with Gasteiger partial charge in [0.1, 0.15) is 29.4 Å². The van der Waals surface area contributed by atoms with Gasteiger partial charge in [0.15, 0.2) is 5.96 Å². The van der Waals surface area contributed by atoms with Crippen LogP contribution < -0.4 is 10.6 Å². The average molecular weight is 530 g/mol. The summed E-state index contributed by atoms with van der Waals surface area (Å²) in [5.41, 5.74) is 0.433. The van der Waals surface area contributed by atoms with Crippen LogP contribution in [0.4, 0.5) is 0 Å². The summed E-state index contributed by atoms with van der Waals surface area (Å²) in [6.07, 6.45) is 4.15. The van der Waals surface area contributed by atoms with Crippen molar-refractivity contribution in [2.24, 2.45) is 4.99 Å². The Labute approximate surface area is 194 Å². The third-order valence-electron chi connectivity index (χ3n) is 5.03. The number of esters is 1. The molecule has 166 valence electrons. The first-order valence-corrected chi connectivity index (χ1v) is 10.1. The Balaban J connectivity index is 0.00000320. The number of nitrogens with zero attached hydrogens (tertiary/aromatic N) is 2. The number of likely N-dealkylation sites (tertiary alicyclic amines) is 1. The minimum absolute atomic E-state index is 0. The van der Waals surface area contributed by atoms with E-state index in [0.717, 1.165) is 25.4 Å². The maximum Gasteiger partial charge on any atom is 0.341 e. The number of rotatable bonds is 8. The normalized spacial score (nSPS) is 15.5. The number of aryl methyl sites for hydroxylation is 1. The summed E-state index contributed by atoms with van der Waals surface area (Å²) in [5.74, 6) is 2.39. The zero-order valence-electron chi connectivity index (χ0n) is 17.8. The molecule has 0 radical (unpaired) electrons. The van der Waals surface area contributed by atoms with E-state index in [1.165, 1.54) is 20.0 Å². The molecule has 0 spiro atoms. The van der Waals surface area contributed by atoms with E-state index in [1.54, 1.807) is 19.3 Å². The Morgan fingerprint density at radius 2 is 2.10 bits per heavy atom. The number of hydrogen-bond acceptors (Lipinski definition) is 6. The Hall–Kier alpha value is -2.01. The molecule has 0 amide bonds. The van der Waals surface area contributed by atoms with Crippen molar-refractivity contribution in [1.29, 1.82) is 0 Å². The maximum atomic E-state index is 11.7. The van der Waals surface area contributed by atoms with E-state index in [9.17, 15) is 4.79 Å². The van der Waals surface area contributed by atoms with Gasteiger partial charge in [0.05, 0.1) is 19.4 Å². The molecule has 1 fully saturated rings. The van der Waals surface area contributed by atoms with Crippen LogP contribution in [0.1, 0.15) is 53.4 Å². The standard InChI is InChI=1S/C21H30N4O4.HI/c1-4-22-21(23-13-16-12-17(15(2)29-16)20(26)27-3)24-14-18(19-8-7-11-28-19)25-9-5-6-10-25;/h7-8,11-12,18H,4-6,9-10,13-14H2,1-3H3,(H2,22,23,24);1H. The second-order valence-corrected chi connectivity index (χ2v) is 7.02. The van der Waals surface area contributed by atoms with Gasteiger partial charge in [0, 0.05) is 13.1 Å². The quantitative estimate of drug-likeness (QED) is 0.234. The third kappa shape index (κ3) is 6.24. The molecule has 2 N–H and O–H groups in total. The zero-order valence-corrected chi connectivity index (χ0v) is 20.1. The summed E-state index contributed by atoms with van der Waals surface area (Å²) in [7, 11) is 1.36. The highest BCUT2D eigenvalue weighted by atomic mass is 127. The van der Waals surface area contributed by atoms with Crippen LogP contribution in [-0.2, 0) is 11.3 Å². The SMILES string of the molecule is CCNC(=NCc1cc(C(=O)OC)c(C)o1)NCC(c1ccco1)N1CCCC1.I. The summed E-state index contributed by atoms with van der Waals surface area (Å²) in [5, 5.41) is 6.67. The largest absolute Gasteiger partial charge is 0.468 e. The van der Waals surface area contributed by atoms with Crippen molar-refractivity contribution in [3.8, 4) is 0 Å². The number of hydrogen-bond donors (Lipinski definition) is 2. The lowest BCUT2D eigenvalue weighted by Crippen LogP contribution is -2.42. The van der Waals surface area contributed by atoms with Crippen molar-refractivity contribution >= 4 is 35.9 Å². The molecule has 0 aliphatic carbocycles. The van der Waals surface area contributed by atoms with Crippen molar-refractivity contribution < 1.29 is 18.4 Å². The van der Waals surface area contributed by atoms with Gasteiger partial charge in [-0.1, -0.05) is 0 Å². The van der Waals surface area contributed by atoms with E-state index in [2.05, 4.69) is 20.5 Å². The highest BCUT2D eigenvalue weighted by molar-refractivity contribution is 14.0. The predicted molar refractivity (Wildman–Crippen MR) is 125 cm³/mol. The molecule has 1 atom stereocenters. The molecule has 9 heteroatoms. The van der Waals surface area contributed by atoms with E-state index in [1.807, 2.05) is 19.1 Å². The number of ether oxygens (including phenoxy) is 1. The molecule has 1 unspecified atom stereocenters. The first-order chi connectivity index (χ1) is 14.1. The van der Waals surface area contributed by atoms with Crippen molar-refractivity contribution in [2.45, 2.75) is 39.3 Å². The summed E-state index contributed by atoms with van der Waals surface area (Å²) in [4.78, 5) is 18.8. The van der Waals surface area contributed by atoms with Gasteiger partial charge < -0.3 is 24.2 Å². The van der Waals surface area contributed by atoms with Crippen molar-refractivity contribution in [3.05, 3.63) is 47.3 Å². The molecule has 1 saturated heterocycles. The van der Waals surface area contributed by atoms with Gasteiger partial charge in [0.25, 0.3) is 0 Å². The first kappa shape index (κ1) is 24.3. The van der Waals surface area contributed by atoms with E-state index < -0.39 is 5.97 Å². The fourth-order valence-electron chi connectivity index (χ4n) is 3.57. The smallest absolute Gasteiger partial charge is 0.341 e. The fourth-order valence-corrected chi connectivity index (χ4v) is 3.57. The van der Waals surface area contributed by atoms with Crippen molar-refractivity contribution in [1.82, 2.24) is 15.5 Å². The molecule has 30 heavy (non-hydrogen) atoms. The number of guanidine groups is 1. The molecule has 0 bridgehead atoms. The first-order valence-electron chi connectivity index (χ1n) is 10.1.